The molecule has 47 heavy (non-hydrogen) atoms. The van der Waals surface area contributed by atoms with Gasteiger partial charge in [0.05, 0.1) is 39.8 Å². The van der Waals surface area contributed by atoms with E-state index in [4.69, 9.17) is 14.1 Å². The molecule has 0 spiro atoms. The molecular formula is C33H26F2N6O5S. The predicted octanol–water partition coefficient (Wildman–Crippen LogP) is 6.10. The number of nitrogens with one attached hydrogen (secondary N) is 1. The number of ether oxygens (including phenoxy) is 1. The lowest BCUT2D eigenvalue weighted by molar-refractivity contribution is 0.0810. The van der Waals surface area contributed by atoms with Crippen molar-refractivity contribution in [2.75, 3.05) is 24.7 Å². The van der Waals surface area contributed by atoms with Gasteiger partial charge in [0.25, 0.3) is 5.91 Å². The van der Waals surface area contributed by atoms with Gasteiger partial charge >= 0.3 is 0 Å². The first-order valence-corrected chi connectivity index (χ1v) is 16.2. The van der Waals surface area contributed by atoms with Gasteiger partial charge < -0.3 is 14.5 Å². The summed E-state index contributed by atoms with van der Waals surface area (Å²) in [4.78, 5) is 26.9. The fourth-order valence-electron chi connectivity index (χ4n) is 5.62. The van der Waals surface area contributed by atoms with Crippen LogP contribution in [-0.2, 0) is 10.0 Å². The Morgan fingerprint density at radius 3 is 2.57 bits per heavy atom. The van der Waals surface area contributed by atoms with Crippen LogP contribution in [0.4, 0.5) is 14.5 Å². The molecule has 2 aromatic carbocycles. The Kier molecular flexibility index (Phi) is 7.04. The van der Waals surface area contributed by atoms with E-state index >= 15 is 0 Å². The van der Waals surface area contributed by atoms with E-state index in [0.29, 0.717) is 49.7 Å². The zero-order chi connectivity index (χ0) is 33.2. The van der Waals surface area contributed by atoms with Crippen molar-refractivity contribution in [1.29, 1.82) is 0 Å². The number of carbonyl (C=O) groups is 1. The highest BCUT2D eigenvalue weighted by molar-refractivity contribution is 7.92. The van der Waals surface area contributed by atoms with Crippen LogP contribution in [0.2, 0.25) is 0 Å². The summed E-state index contributed by atoms with van der Waals surface area (Å²) < 4.78 is 67.8. The maximum absolute atomic E-state index is 14.7. The second-order valence-corrected chi connectivity index (χ2v) is 12.9. The molecule has 238 valence electrons. The number of hydrogen-bond acceptors (Lipinski definition) is 8. The van der Waals surface area contributed by atoms with E-state index in [1.165, 1.54) is 45.4 Å². The summed E-state index contributed by atoms with van der Waals surface area (Å²) in [7, 11) is -0.894. The number of halogens is 2. The largest absolute Gasteiger partial charge is 0.455 e. The van der Waals surface area contributed by atoms with Crippen molar-refractivity contribution in [2.24, 2.45) is 0 Å². The maximum atomic E-state index is 14.7. The van der Waals surface area contributed by atoms with Gasteiger partial charge in [0.1, 0.15) is 29.0 Å². The number of benzene rings is 2. The SMILES string of the molecule is CNC(=O)c1c(-c2ccc(OC(C)F)nc2)oc2cc(N(C)S(C)(=O)=O)c(-c3ccc4ncn5c6cccc(F)c6cc5c4n3)cc12. The number of sulfonamides is 1. The predicted molar refractivity (Wildman–Crippen MR) is 174 cm³/mol. The van der Waals surface area contributed by atoms with Crippen LogP contribution in [0.5, 0.6) is 5.88 Å². The van der Waals surface area contributed by atoms with E-state index in [1.54, 1.807) is 53.2 Å². The van der Waals surface area contributed by atoms with Gasteiger partial charge in [-0.2, -0.15) is 0 Å². The fourth-order valence-corrected chi connectivity index (χ4v) is 6.13. The van der Waals surface area contributed by atoms with E-state index in [-0.39, 0.29) is 34.3 Å². The topological polar surface area (TPSA) is 132 Å². The van der Waals surface area contributed by atoms with E-state index in [1.807, 2.05) is 0 Å². The van der Waals surface area contributed by atoms with Gasteiger partial charge in [-0.05, 0) is 42.5 Å². The fraction of sp³-hybridized carbons (Fsp3) is 0.152. The van der Waals surface area contributed by atoms with Gasteiger partial charge in [0.15, 0.2) is 0 Å². The Hall–Kier alpha value is -5.63. The second-order valence-electron chi connectivity index (χ2n) is 10.9. The molecule has 0 aliphatic rings. The lowest BCUT2D eigenvalue weighted by Crippen LogP contribution is -2.25. The quantitative estimate of drug-likeness (QED) is 0.218. The van der Waals surface area contributed by atoms with Crippen molar-refractivity contribution in [3.05, 3.63) is 84.6 Å². The van der Waals surface area contributed by atoms with E-state index in [0.717, 1.165) is 10.6 Å². The molecule has 11 nitrogen and oxygen atoms in total. The number of carbonyl (C=O) groups excluding carboxylic acids is 1. The van der Waals surface area contributed by atoms with Crippen molar-refractivity contribution < 1.29 is 31.1 Å². The Morgan fingerprint density at radius 2 is 1.87 bits per heavy atom. The zero-order valence-electron chi connectivity index (χ0n) is 25.4. The van der Waals surface area contributed by atoms with Crippen LogP contribution < -0.4 is 14.4 Å². The van der Waals surface area contributed by atoms with Gasteiger partial charge in [-0.3, -0.25) is 13.5 Å². The Morgan fingerprint density at radius 1 is 1.06 bits per heavy atom. The molecule has 0 aliphatic heterocycles. The normalized spacial score (nSPS) is 12.6. The van der Waals surface area contributed by atoms with Crippen molar-refractivity contribution in [2.45, 2.75) is 13.3 Å². The molecular weight excluding hydrogens is 630 g/mol. The number of fused-ring (bicyclic) bond motifs is 6. The van der Waals surface area contributed by atoms with Crippen LogP contribution in [-0.4, -0.2) is 60.4 Å². The minimum Gasteiger partial charge on any atom is -0.455 e. The Bertz CT molecular complexity index is 2490. The summed E-state index contributed by atoms with van der Waals surface area (Å²) in [6, 6.07) is 16.1. The molecule has 0 fully saturated rings. The molecule has 5 aromatic heterocycles. The van der Waals surface area contributed by atoms with E-state index in [2.05, 4.69) is 15.3 Å². The van der Waals surface area contributed by atoms with Gasteiger partial charge in [0, 0.05) is 61.2 Å². The average molecular weight is 657 g/mol. The van der Waals surface area contributed by atoms with E-state index < -0.39 is 22.3 Å². The van der Waals surface area contributed by atoms with Crippen LogP contribution >= 0.6 is 0 Å². The van der Waals surface area contributed by atoms with Gasteiger partial charge in [-0.15, -0.1) is 0 Å². The third-order valence-electron chi connectivity index (χ3n) is 7.91. The highest BCUT2D eigenvalue weighted by Gasteiger charge is 2.27. The molecule has 1 amide bonds. The van der Waals surface area contributed by atoms with Crippen molar-refractivity contribution in [3.8, 4) is 28.5 Å². The van der Waals surface area contributed by atoms with Crippen LogP contribution in [0.3, 0.4) is 0 Å². The first kappa shape index (κ1) is 30.0. The third-order valence-corrected chi connectivity index (χ3v) is 9.11. The number of anilines is 1. The number of rotatable bonds is 7. The standard InChI is InChI=1S/C33H26F2N6O5S/c1-17(34)45-29-11-8-18(15-37-29)32-30(33(42)36-2)21-12-20(26(14-28(21)46-32)40(3)47(4,43)44)23-9-10-24-31(39-23)27-13-19-22(35)6-5-7-25(19)41(27)16-38-24/h5-17H,1-4H3,(H,36,42). The molecule has 1 unspecified atom stereocenters. The number of alkyl halides is 1. The van der Waals surface area contributed by atoms with Crippen LogP contribution in [0.1, 0.15) is 17.3 Å². The zero-order valence-corrected chi connectivity index (χ0v) is 26.3. The van der Waals surface area contributed by atoms with Crippen molar-refractivity contribution >= 4 is 60.0 Å². The molecule has 5 heterocycles. The lowest BCUT2D eigenvalue weighted by atomic mass is 10.0. The second kappa shape index (κ2) is 11.0. The summed E-state index contributed by atoms with van der Waals surface area (Å²) in [6.45, 7) is 1.23. The van der Waals surface area contributed by atoms with Gasteiger partial charge in [-0.1, -0.05) is 6.07 Å². The monoisotopic (exact) mass is 656 g/mol. The highest BCUT2D eigenvalue weighted by Crippen LogP contribution is 2.41. The molecule has 0 bridgehead atoms. The van der Waals surface area contributed by atoms with Crippen LogP contribution in [0.25, 0.3) is 61.0 Å². The summed E-state index contributed by atoms with van der Waals surface area (Å²) >= 11 is 0. The smallest absolute Gasteiger partial charge is 0.255 e. The first-order chi connectivity index (χ1) is 22.4. The number of amides is 1. The van der Waals surface area contributed by atoms with Gasteiger partial charge in [0.2, 0.25) is 22.3 Å². The number of nitrogens with zero attached hydrogens (tertiary/aromatic N) is 5. The van der Waals surface area contributed by atoms with Crippen molar-refractivity contribution in [3.63, 3.8) is 0 Å². The minimum atomic E-state index is -3.77. The molecule has 0 radical (unpaired) electrons. The van der Waals surface area contributed by atoms with Crippen LogP contribution in [0, 0.1) is 5.82 Å². The Balaban J connectivity index is 1.49. The number of furan rings is 1. The molecule has 1 N–H and O–H groups in total. The molecule has 0 saturated heterocycles. The highest BCUT2D eigenvalue weighted by atomic mass is 32.2. The van der Waals surface area contributed by atoms with Gasteiger partial charge in [-0.25, -0.2) is 32.2 Å². The first-order valence-electron chi connectivity index (χ1n) is 14.3. The number of hydrogen-bond donors (Lipinski definition) is 1. The molecule has 7 rings (SSSR count). The summed E-state index contributed by atoms with van der Waals surface area (Å²) in [6.07, 6.45) is 2.49. The summed E-state index contributed by atoms with van der Waals surface area (Å²) in [5.41, 5.74) is 4.03. The minimum absolute atomic E-state index is 0.0466. The summed E-state index contributed by atoms with van der Waals surface area (Å²) in [5, 5.41) is 3.42. The molecule has 0 aliphatic carbocycles. The number of pyridine rings is 2. The molecule has 14 heteroatoms. The molecule has 1 atom stereocenters. The maximum Gasteiger partial charge on any atom is 0.255 e. The number of aromatic nitrogens is 4. The molecule has 7 aromatic rings. The van der Waals surface area contributed by atoms with E-state index in [9.17, 15) is 22.0 Å². The van der Waals surface area contributed by atoms with Crippen LogP contribution in [0.15, 0.2) is 77.6 Å². The third kappa shape index (κ3) is 5.06. The Labute approximate surface area is 266 Å². The summed E-state index contributed by atoms with van der Waals surface area (Å²) in [5.74, 6) is -0.642. The molecule has 0 saturated carbocycles. The average Bonchev–Trinajstić information content (AvgIpc) is 3.62. The lowest BCUT2D eigenvalue weighted by Gasteiger charge is -2.20. The van der Waals surface area contributed by atoms with Crippen molar-refractivity contribution in [1.82, 2.24) is 24.7 Å².